The number of para-hydroxylation sites is 1. The smallest absolute Gasteiger partial charge is 0.340 e. The molecule has 0 spiro atoms. The fourth-order valence-corrected chi connectivity index (χ4v) is 2.43. The Bertz CT molecular complexity index is 448. The predicted molar refractivity (Wildman–Crippen MR) is 69.6 cm³/mol. The molecule has 1 heterocycles. The van der Waals surface area contributed by atoms with Crippen molar-refractivity contribution in [1.29, 1.82) is 0 Å². The summed E-state index contributed by atoms with van der Waals surface area (Å²) in [5.74, 6) is -0.436. The van der Waals surface area contributed by atoms with Crippen molar-refractivity contribution >= 4 is 17.3 Å². The fraction of sp³-hybridized carbons (Fsp3) is 0.462. The molecule has 2 rings (SSSR count). The van der Waals surface area contributed by atoms with E-state index in [0.29, 0.717) is 11.3 Å². The van der Waals surface area contributed by atoms with E-state index in [9.17, 15) is 9.90 Å². The maximum absolute atomic E-state index is 11.6. The van der Waals surface area contributed by atoms with Gasteiger partial charge in [0.2, 0.25) is 0 Å². The minimum atomic E-state index is -0.436. The zero-order valence-corrected chi connectivity index (χ0v) is 10.4. The quantitative estimate of drug-likeness (QED) is 0.618. The molecule has 0 bridgehead atoms. The van der Waals surface area contributed by atoms with E-state index in [1.807, 2.05) is 6.07 Å². The second-order valence-corrected chi connectivity index (χ2v) is 4.40. The number of esters is 1. The molecule has 1 fully saturated rings. The van der Waals surface area contributed by atoms with Crippen molar-refractivity contribution in [2.75, 3.05) is 30.9 Å². The number of nitrogens with zero attached hydrogens (tertiary/aromatic N) is 1. The molecule has 5 heteroatoms. The molecule has 3 N–H and O–H groups in total. The number of ether oxygens (including phenoxy) is 1. The Morgan fingerprint density at radius 1 is 1.61 bits per heavy atom. The number of aliphatic hydroxyl groups is 1. The molecule has 0 saturated carbocycles. The van der Waals surface area contributed by atoms with Gasteiger partial charge in [-0.05, 0) is 25.0 Å². The molecular formula is C13H18N2O3. The number of nitrogen functional groups attached to an aromatic ring is 1. The molecule has 0 aromatic heterocycles. The van der Waals surface area contributed by atoms with E-state index < -0.39 is 5.97 Å². The molecule has 5 nitrogen and oxygen atoms in total. The zero-order chi connectivity index (χ0) is 13.1. The van der Waals surface area contributed by atoms with Crippen molar-refractivity contribution in [2.45, 2.75) is 18.9 Å². The van der Waals surface area contributed by atoms with Crippen LogP contribution in [0.4, 0.5) is 11.4 Å². The van der Waals surface area contributed by atoms with Crippen LogP contribution in [0.1, 0.15) is 23.2 Å². The maximum Gasteiger partial charge on any atom is 0.340 e. The molecule has 98 valence electrons. The van der Waals surface area contributed by atoms with Gasteiger partial charge < -0.3 is 20.5 Å². The number of rotatable bonds is 3. The Labute approximate surface area is 106 Å². The molecular weight excluding hydrogens is 232 g/mol. The van der Waals surface area contributed by atoms with Crippen molar-refractivity contribution in [3.8, 4) is 0 Å². The SMILES string of the molecule is COC(=O)c1cccc(N2CCCC2CO)c1N. The molecule has 1 aromatic rings. The fourth-order valence-electron chi connectivity index (χ4n) is 2.43. The molecule has 18 heavy (non-hydrogen) atoms. The van der Waals surface area contributed by atoms with E-state index in [2.05, 4.69) is 4.90 Å². The first-order valence-electron chi connectivity index (χ1n) is 6.03. The van der Waals surface area contributed by atoms with Gasteiger partial charge in [-0.15, -0.1) is 0 Å². The number of aliphatic hydroxyl groups excluding tert-OH is 1. The number of hydrogen-bond acceptors (Lipinski definition) is 5. The number of anilines is 2. The van der Waals surface area contributed by atoms with Gasteiger partial charge in [0.1, 0.15) is 0 Å². The van der Waals surface area contributed by atoms with Crippen molar-refractivity contribution in [3.63, 3.8) is 0 Å². The lowest BCUT2D eigenvalue weighted by Crippen LogP contribution is -2.32. The Hall–Kier alpha value is -1.75. The minimum Gasteiger partial charge on any atom is -0.465 e. The highest BCUT2D eigenvalue weighted by Crippen LogP contribution is 2.32. The molecule has 1 atom stereocenters. The Morgan fingerprint density at radius 3 is 3.06 bits per heavy atom. The van der Waals surface area contributed by atoms with Crippen LogP contribution in [0.15, 0.2) is 18.2 Å². The number of carbonyl (C=O) groups is 1. The summed E-state index contributed by atoms with van der Waals surface area (Å²) in [6.07, 6.45) is 1.96. The normalized spacial score (nSPS) is 19.0. The van der Waals surface area contributed by atoms with Gasteiger partial charge in [-0.25, -0.2) is 4.79 Å². The number of hydrogen-bond donors (Lipinski definition) is 2. The zero-order valence-electron chi connectivity index (χ0n) is 10.4. The molecule has 1 unspecified atom stereocenters. The molecule has 0 aliphatic carbocycles. The molecule has 1 aromatic carbocycles. The highest BCUT2D eigenvalue weighted by atomic mass is 16.5. The summed E-state index contributed by atoms with van der Waals surface area (Å²) < 4.78 is 4.70. The first-order chi connectivity index (χ1) is 8.69. The van der Waals surface area contributed by atoms with Gasteiger partial charge in [-0.2, -0.15) is 0 Å². The highest BCUT2D eigenvalue weighted by Gasteiger charge is 2.26. The summed E-state index contributed by atoms with van der Waals surface area (Å²) in [5, 5.41) is 9.34. The second kappa shape index (κ2) is 5.27. The van der Waals surface area contributed by atoms with E-state index in [1.54, 1.807) is 12.1 Å². The average Bonchev–Trinajstić information content (AvgIpc) is 2.86. The summed E-state index contributed by atoms with van der Waals surface area (Å²) >= 11 is 0. The van der Waals surface area contributed by atoms with E-state index in [1.165, 1.54) is 7.11 Å². The lowest BCUT2D eigenvalue weighted by molar-refractivity contribution is 0.0602. The molecule has 1 saturated heterocycles. The second-order valence-electron chi connectivity index (χ2n) is 4.40. The van der Waals surface area contributed by atoms with E-state index in [4.69, 9.17) is 10.5 Å². The predicted octanol–water partition coefficient (Wildman–Crippen LogP) is 1.02. The van der Waals surface area contributed by atoms with Crippen LogP contribution < -0.4 is 10.6 Å². The third kappa shape index (κ3) is 2.13. The maximum atomic E-state index is 11.6. The van der Waals surface area contributed by atoms with Crippen LogP contribution in [-0.2, 0) is 4.74 Å². The van der Waals surface area contributed by atoms with Crippen LogP contribution in [0.5, 0.6) is 0 Å². The van der Waals surface area contributed by atoms with Gasteiger partial charge in [0.05, 0.1) is 36.7 Å². The van der Waals surface area contributed by atoms with Gasteiger partial charge in [-0.1, -0.05) is 6.07 Å². The van der Waals surface area contributed by atoms with Crippen LogP contribution >= 0.6 is 0 Å². The number of carbonyl (C=O) groups excluding carboxylic acids is 1. The van der Waals surface area contributed by atoms with Gasteiger partial charge in [0, 0.05) is 6.54 Å². The highest BCUT2D eigenvalue weighted by molar-refractivity contribution is 5.98. The summed E-state index contributed by atoms with van der Waals surface area (Å²) in [6.45, 7) is 0.946. The monoisotopic (exact) mass is 250 g/mol. The molecule has 0 amide bonds. The standard InChI is InChI=1S/C13H18N2O3/c1-18-13(17)10-5-2-6-11(12(10)14)15-7-3-4-9(15)8-16/h2,5-6,9,16H,3-4,7-8,14H2,1H3. The van der Waals surface area contributed by atoms with Crippen molar-refractivity contribution in [1.82, 2.24) is 0 Å². The Balaban J connectivity index is 2.36. The third-order valence-corrected chi connectivity index (χ3v) is 3.39. The summed E-state index contributed by atoms with van der Waals surface area (Å²) in [6, 6.07) is 5.38. The lowest BCUT2D eigenvalue weighted by atomic mass is 10.1. The van der Waals surface area contributed by atoms with Gasteiger partial charge in [0.15, 0.2) is 0 Å². The first-order valence-corrected chi connectivity index (χ1v) is 6.03. The van der Waals surface area contributed by atoms with Crippen LogP contribution in [0.2, 0.25) is 0 Å². The summed E-state index contributed by atoms with van der Waals surface area (Å²) in [4.78, 5) is 13.6. The van der Waals surface area contributed by atoms with Crippen LogP contribution in [0, 0.1) is 0 Å². The largest absolute Gasteiger partial charge is 0.465 e. The average molecular weight is 250 g/mol. The van der Waals surface area contributed by atoms with Crippen LogP contribution in [0.25, 0.3) is 0 Å². The third-order valence-electron chi connectivity index (χ3n) is 3.39. The number of benzene rings is 1. The number of methoxy groups -OCH3 is 1. The van der Waals surface area contributed by atoms with Crippen molar-refractivity contribution in [2.24, 2.45) is 0 Å². The van der Waals surface area contributed by atoms with E-state index in [0.717, 1.165) is 25.1 Å². The van der Waals surface area contributed by atoms with Crippen molar-refractivity contribution < 1.29 is 14.6 Å². The summed E-state index contributed by atoms with van der Waals surface area (Å²) in [5.41, 5.74) is 7.63. The van der Waals surface area contributed by atoms with E-state index >= 15 is 0 Å². The Kier molecular flexibility index (Phi) is 3.72. The topological polar surface area (TPSA) is 75.8 Å². The van der Waals surface area contributed by atoms with E-state index in [-0.39, 0.29) is 12.6 Å². The minimum absolute atomic E-state index is 0.0835. The number of nitrogens with two attached hydrogens (primary N) is 1. The lowest BCUT2D eigenvalue weighted by Gasteiger charge is -2.27. The van der Waals surface area contributed by atoms with Gasteiger partial charge >= 0.3 is 5.97 Å². The molecule has 1 aliphatic rings. The van der Waals surface area contributed by atoms with Gasteiger partial charge in [0.25, 0.3) is 0 Å². The summed E-state index contributed by atoms with van der Waals surface area (Å²) in [7, 11) is 1.33. The molecule has 1 aliphatic heterocycles. The first kappa shape index (κ1) is 12.7. The van der Waals surface area contributed by atoms with Crippen molar-refractivity contribution in [3.05, 3.63) is 23.8 Å². The van der Waals surface area contributed by atoms with Gasteiger partial charge in [-0.3, -0.25) is 0 Å². The van der Waals surface area contributed by atoms with Crippen LogP contribution in [-0.4, -0.2) is 37.4 Å². The Morgan fingerprint density at radius 2 is 2.39 bits per heavy atom. The molecule has 0 radical (unpaired) electrons. The van der Waals surface area contributed by atoms with Crippen LogP contribution in [0.3, 0.4) is 0 Å².